The lowest BCUT2D eigenvalue weighted by Gasteiger charge is -2.17. The largest absolute Gasteiger partial charge is 0.492 e. The summed E-state index contributed by atoms with van der Waals surface area (Å²) in [6, 6.07) is 14.3. The van der Waals surface area contributed by atoms with Gasteiger partial charge in [0.2, 0.25) is 5.91 Å². The first-order chi connectivity index (χ1) is 11.3. The standard InChI is InChI=1S/C19H19NO3/c21-12-13-10-18(22)20(11-13)16-6-4-14(5-7-16)17-3-1-2-15-8-9-23-19(15)17/h1-7,13,21H,8-12H2. The number of ether oxygens (including phenoxy) is 1. The zero-order valence-corrected chi connectivity index (χ0v) is 12.9. The molecule has 4 heteroatoms. The first-order valence-corrected chi connectivity index (χ1v) is 8.02. The van der Waals surface area contributed by atoms with Crippen molar-refractivity contribution >= 4 is 11.6 Å². The van der Waals surface area contributed by atoms with Crippen molar-refractivity contribution in [2.24, 2.45) is 5.92 Å². The van der Waals surface area contributed by atoms with Crippen molar-refractivity contribution in [2.45, 2.75) is 12.8 Å². The van der Waals surface area contributed by atoms with Crippen LogP contribution in [0.2, 0.25) is 0 Å². The van der Waals surface area contributed by atoms with Gasteiger partial charge in [0.15, 0.2) is 0 Å². The highest BCUT2D eigenvalue weighted by molar-refractivity contribution is 5.96. The molecule has 2 aliphatic heterocycles. The second kappa shape index (κ2) is 5.70. The van der Waals surface area contributed by atoms with Gasteiger partial charge in [0.1, 0.15) is 5.75 Å². The quantitative estimate of drug-likeness (QED) is 0.948. The topological polar surface area (TPSA) is 49.8 Å². The number of aliphatic hydroxyl groups is 1. The summed E-state index contributed by atoms with van der Waals surface area (Å²) in [4.78, 5) is 13.8. The van der Waals surface area contributed by atoms with E-state index in [1.54, 1.807) is 4.90 Å². The van der Waals surface area contributed by atoms with Gasteiger partial charge in [0, 0.05) is 43.2 Å². The Morgan fingerprint density at radius 1 is 1.17 bits per heavy atom. The lowest BCUT2D eigenvalue weighted by Crippen LogP contribution is -2.24. The van der Waals surface area contributed by atoms with Gasteiger partial charge in [-0.05, 0) is 23.3 Å². The third kappa shape index (κ3) is 2.49. The number of aliphatic hydroxyl groups excluding tert-OH is 1. The molecular weight excluding hydrogens is 290 g/mol. The number of nitrogens with zero attached hydrogens (tertiary/aromatic N) is 1. The summed E-state index contributed by atoms with van der Waals surface area (Å²) in [5.74, 6) is 1.12. The smallest absolute Gasteiger partial charge is 0.227 e. The lowest BCUT2D eigenvalue weighted by molar-refractivity contribution is -0.117. The van der Waals surface area contributed by atoms with E-state index in [4.69, 9.17) is 4.74 Å². The van der Waals surface area contributed by atoms with Gasteiger partial charge < -0.3 is 14.7 Å². The van der Waals surface area contributed by atoms with Crippen LogP contribution in [0.3, 0.4) is 0 Å². The molecule has 0 radical (unpaired) electrons. The number of benzene rings is 2. The molecule has 0 aromatic heterocycles. The minimum atomic E-state index is 0.0490. The summed E-state index contributed by atoms with van der Waals surface area (Å²) >= 11 is 0. The van der Waals surface area contributed by atoms with Gasteiger partial charge in [-0.15, -0.1) is 0 Å². The van der Waals surface area contributed by atoms with Crippen molar-refractivity contribution in [3.05, 3.63) is 48.0 Å². The molecule has 0 aliphatic carbocycles. The zero-order chi connectivity index (χ0) is 15.8. The fraction of sp³-hybridized carbons (Fsp3) is 0.316. The van der Waals surface area contributed by atoms with Crippen LogP contribution in [0.5, 0.6) is 5.75 Å². The Morgan fingerprint density at radius 2 is 2.00 bits per heavy atom. The number of para-hydroxylation sites is 1. The van der Waals surface area contributed by atoms with E-state index in [2.05, 4.69) is 18.2 Å². The number of carbonyl (C=O) groups excluding carboxylic acids is 1. The number of carbonyl (C=O) groups is 1. The van der Waals surface area contributed by atoms with Crippen molar-refractivity contribution in [1.82, 2.24) is 0 Å². The number of amides is 1. The van der Waals surface area contributed by atoms with E-state index in [0.29, 0.717) is 13.0 Å². The van der Waals surface area contributed by atoms with Crippen molar-refractivity contribution in [1.29, 1.82) is 0 Å². The van der Waals surface area contributed by atoms with Gasteiger partial charge in [0.05, 0.1) is 6.61 Å². The summed E-state index contributed by atoms with van der Waals surface area (Å²) in [6.07, 6.45) is 1.39. The van der Waals surface area contributed by atoms with Gasteiger partial charge in [-0.1, -0.05) is 30.3 Å². The Morgan fingerprint density at radius 3 is 2.74 bits per heavy atom. The minimum absolute atomic E-state index is 0.0490. The van der Waals surface area contributed by atoms with Crippen LogP contribution in [0.25, 0.3) is 11.1 Å². The predicted octanol–water partition coefficient (Wildman–Crippen LogP) is 2.63. The van der Waals surface area contributed by atoms with E-state index in [0.717, 1.165) is 35.6 Å². The number of fused-ring (bicyclic) bond motifs is 1. The van der Waals surface area contributed by atoms with E-state index in [-0.39, 0.29) is 18.4 Å². The summed E-state index contributed by atoms with van der Waals surface area (Å²) < 4.78 is 5.77. The fourth-order valence-electron chi connectivity index (χ4n) is 3.42. The average molecular weight is 309 g/mol. The number of rotatable bonds is 3. The Balaban J connectivity index is 1.62. The molecule has 23 heavy (non-hydrogen) atoms. The maximum atomic E-state index is 12.0. The van der Waals surface area contributed by atoms with Gasteiger partial charge in [-0.25, -0.2) is 0 Å². The zero-order valence-electron chi connectivity index (χ0n) is 12.9. The van der Waals surface area contributed by atoms with E-state index >= 15 is 0 Å². The molecule has 2 aromatic rings. The van der Waals surface area contributed by atoms with Crippen molar-refractivity contribution in [3.63, 3.8) is 0 Å². The van der Waals surface area contributed by atoms with E-state index < -0.39 is 0 Å². The van der Waals surface area contributed by atoms with Crippen LogP contribution in [-0.2, 0) is 11.2 Å². The summed E-state index contributed by atoms with van der Waals surface area (Å²) in [7, 11) is 0. The van der Waals surface area contributed by atoms with Gasteiger partial charge in [-0.3, -0.25) is 4.79 Å². The third-order valence-corrected chi connectivity index (χ3v) is 4.67. The molecule has 1 unspecified atom stereocenters. The lowest BCUT2D eigenvalue weighted by atomic mass is 10.0. The highest BCUT2D eigenvalue weighted by atomic mass is 16.5. The molecule has 4 rings (SSSR count). The van der Waals surface area contributed by atoms with Crippen LogP contribution in [0.1, 0.15) is 12.0 Å². The van der Waals surface area contributed by atoms with Gasteiger partial charge in [0.25, 0.3) is 0 Å². The molecule has 4 nitrogen and oxygen atoms in total. The fourth-order valence-corrected chi connectivity index (χ4v) is 3.42. The Hall–Kier alpha value is -2.33. The first-order valence-electron chi connectivity index (χ1n) is 8.02. The molecule has 0 saturated carbocycles. The molecule has 1 fully saturated rings. The maximum Gasteiger partial charge on any atom is 0.227 e. The monoisotopic (exact) mass is 309 g/mol. The molecule has 1 atom stereocenters. The minimum Gasteiger partial charge on any atom is -0.492 e. The molecule has 2 heterocycles. The summed E-state index contributed by atoms with van der Waals surface area (Å²) in [6.45, 7) is 1.40. The molecule has 2 aliphatic rings. The van der Waals surface area contributed by atoms with Gasteiger partial charge in [-0.2, -0.15) is 0 Å². The number of hydrogen-bond acceptors (Lipinski definition) is 3. The van der Waals surface area contributed by atoms with Gasteiger partial charge >= 0.3 is 0 Å². The highest BCUT2D eigenvalue weighted by Gasteiger charge is 2.30. The number of hydrogen-bond donors (Lipinski definition) is 1. The van der Waals surface area contributed by atoms with Crippen LogP contribution in [0.4, 0.5) is 5.69 Å². The second-order valence-corrected chi connectivity index (χ2v) is 6.20. The average Bonchev–Trinajstić information content (AvgIpc) is 3.21. The van der Waals surface area contributed by atoms with E-state index in [9.17, 15) is 9.90 Å². The third-order valence-electron chi connectivity index (χ3n) is 4.67. The van der Waals surface area contributed by atoms with Crippen molar-refractivity contribution < 1.29 is 14.6 Å². The molecule has 1 N–H and O–H groups in total. The predicted molar refractivity (Wildman–Crippen MR) is 88.6 cm³/mol. The molecule has 0 bridgehead atoms. The summed E-state index contributed by atoms with van der Waals surface area (Å²) in [5, 5.41) is 9.24. The summed E-state index contributed by atoms with van der Waals surface area (Å²) in [5.41, 5.74) is 4.35. The molecule has 0 spiro atoms. The van der Waals surface area contributed by atoms with Crippen LogP contribution < -0.4 is 9.64 Å². The molecular formula is C19H19NO3. The molecule has 1 amide bonds. The highest BCUT2D eigenvalue weighted by Crippen LogP contribution is 2.37. The van der Waals surface area contributed by atoms with Crippen molar-refractivity contribution in [3.8, 4) is 16.9 Å². The van der Waals surface area contributed by atoms with Crippen LogP contribution >= 0.6 is 0 Å². The van der Waals surface area contributed by atoms with E-state index in [1.807, 2.05) is 24.3 Å². The maximum absolute atomic E-state index is 12.0. The molecule has 118 valence electrons. The first kappa shape index (κ1) is 14.3. The second-order valence-electron chi connectivity index (χ2n) is 6.20. The Bertz CT molecular complexity index is 739. The molecule has 2 aromatic carbocycles. The number of anilines is 1. The SMILES string of the molecule is O=C1CC(CO)CN1c1ccc(-c2cccc3c2OCC3)cc1. The normalized spacial score (nSPS) is 19.8. The van der Waals surface area contributed by atoms with Crippen molar-refractivity contribution in [2.75, 3.05) is 24.7 Å². The van der Waals surface area contributed by atoms with Crippen LogP contribution in [-0.4, -0.2) is 30.8 Å². The Labute approximate surface area is 135 Å². The Kier molecular flexibility index (Phi) is 3.54. The van der Waals surface area contributed by atoms with E-state index in [1.165, 1.54) is 5.56 Å². The van der Waals surface area contributed by atoms with Crippen LogP contribution in [0, 0.1) is 5.92 Å². The van der Waals surface area contributed by atoms with Crippen LogP contribution in [0.15, 0.2) is 42.5 Å². The molecule has 1 saturated heterocycles.